The van der Waals surface area contributed by atoms with Crippen molar-refractivity contribution in [3.05, 3.63) is 29.4 Å². The Labute approximate surface area is 131 Å². The molecular formula is C16H22ClN3O. The molecule has 0 spiro atoms. The molecule has 0 saturated carbocycles. The molecule has 0 aliphatic rings. The van der Waals surface area contributed by atoms with Gasteiger partial charge in [-0.15, -0.1) is 10.2 Å². The van der Waals surface area contributed by atoms with E-state index in [1.165, 1.54) is 0 Å². The third kappa shape index (κ3) is 3.44. The SMILES string of the molecule is CCC(CC)N(CCOC)c1nnc(Cl)c2ccccc12. The molecule has 21 heavy (non-hydrogen) atoms. The van der Waals surface area contributed by atoms with Gasteiger partial charge in [0.25, 0.3) is 0 Å². The lowest BCUT2D eigenvalue weighted by molar-refractivity contribution is 0.202. The third-order valence-corrected chi connectivity index (χ3v) is 4.09. The van der Waals surface area contributed by atoms with Crippen molar-refractivity contribution in [3.63, 3.8) is 0 Å². The van der Waals surface area contributed by atoms with Gasteiger partial charge in [0, 0.05) is 30.5 Å². The molecule has 0 amide bonds. The van der Waals surface area contributed by atoms with Crippen LogP contribution < -0.4 is 4.90 Å². The number of methoxy groups -OCH3 is 1. The van der Waals surface area contributed by atoms with Crippen LogP contribution in [0.2, 0.25) is 5.15 Å². The second-order valence-electron chi connectivity index (χ2n) is 5.02. The summed E-state index contributed by atoms with van der Waals surface area (Å²) in [5, 5.41) is 10.9. The average Bonchev–Trinajstić information content (AvgIpc) is 2.53. The van der Waals surface area contributed by atoms with Gasteiger partial charge in [0.15, 0.2) is 11.0 Å². The number of benzene rings is 1. The van der Waals surface area contributed by atoms with Gasteiger partial charge in [0.1, 0.15) is 0 Å². The Balaban J connectivity index is 2.51. The summed E-state index contributed by atoms with van der Waals surface area (Å²) in [5.74, 6) is 0.890. The molecule has 0 unspecified atom stereocenters. The molecule has 0 bridgehead atoms. The summed E-state index contributed by atoms with van der Waals surface area (Å²) in [6, 6.07) is 8.42. The molecule has 1 heterocycles. The Morgan fingerprint density at radius 3 is 2.43 bits per heavy atom. The van der Waals surface area contributed by atoms with E-state index >= 15 is 0 Å². The predicted octanol–water partition coefficient (Wildman–Crippen LogP) is 3.92. The zero-order valence-electron chi connectivity index (χ0n) is 12.8. The van der Waals surface area contributed by atoms with Crippen molar-refractivity contribution >= 4 is 28.2 Å². The summed E-state index contributed by atoms with van der Waals surface area (Å²) in [6.07, 6.45) is 2.11. The molecule has 5 heteroatoms. The summed E-state index contributed by atoms with van der Waals surface area (Å²) < 4.78 is 5.25. The van der Waals surface area contributed by atoms with Crippen LogP contribution in [0.5, 0.6) is 0 Å². The molecule has 0 aliphatic carbocycles. The van der Waals surface area contributed by atoms with Crippen LogP contribution in [0.1, 0.15) is 26.7 Å². The first-order valence-corrected chi connectivity index (χ1v) is 7.77. The van der Waals surface area contributed by atoms with E-state index in [1.54, 1.807) is 7.11 Å². The minimum atomic E-state index is 0.416. The van der Waals surface area contributed by atoms with Gasteiger partial charge in [0.2, 0.25) is 0 Å². The van der Waals surface area contributed by atoms with Crippen LogP contribution in [0.25, 0.3) is 10.8 Å². The topological polar surface area (TPSA) is 38.2 Å². The number of fused-ring (bicyclic) bond motifs is 1. The van der Waals surface area contributed by atoms with Gasteiger partial charge in [-0.1, -0.05) is 49.7 Å². The van der Waals surface area contributed by atoms with E-state index in [2.05, 4.69) is 28.9 Å². The number of halogens is 1. The van der Waals surface area contributed by atoms with E-state index < -0.39 is 0 Å². The third-order valence-electron chi connectivity index (χ3n) is 3.81. The fraction of sp³-hybridized carbons (Fsp3) is 0.500. The predicted molar refractivity (Wildman–Crippen MR) is 88.1 cm³/mol. The first kappa shape index (κ1) is 16.0. The van der Waals surface area contributed by atoms with Crippen molar-refractivity contribution in [1.29, 1.82) is 0 Å². The fourth-order valence-corrected chi connectivity index (χ4v) is 2.85. The highest BCUT2D eigenvalue weighted by Crippen LogP contribution is 2.30. The Bertz CT molecular complexity index is 587. The van der Waals surface area contributed by atoms with Crippen molar-refractivity contribution in [2.45, 2.75) is 32.7 Å². The maximum absolute atomic E-state index is 6.17. The number of anilines is 1. The van der Waals surface area contributed by atoms with Crippen LogP contribution in [-0.4, -0.2) is 36.5 Å². The number of rotatable bonds is 7. The van der Waals surface area contributed by atoms with E-state index in [0.717, 1.165) is 36.0 Å². The smallest absolute Gasteiger partial charge is 0.159 e. The van der Waals surface area contributed by atoms with Gasteiger partial charge in [0.05, 0.1) is 6.61 Å². The Morgan fingerprint density at radius 1 is 1.14 bits per heavy atom. The lowest BCUT2D eigenvalue weighted by atomic mass is 10.1. The van der Waals surface area contributed by atoms with Gasteiger partial charge in [-0.25, -0.2) is 0 Å². The lowest BCUT2D eigenvalue weighted by Gasteiger charge is -2.31. The summed E-state index contributed by atoms with van der Waals surface area (Å²) in [7, 11) is 1.72. The van der Waals surface area contributed by atoms with Gasteiger partial charge >= 0.3 is 0 Å². The molecule has 1 aromatic heterocycles. The zero-order valence-corrected chi connectivity index (χ0v) is 13.6. The number of nitrogens with zero attached hydrogens (tertiary/aromatic N) is 3. The summed E-state index contributed by atoms with van der Waals surface area (Å²) >= 11 is 6.17. The number of hydrogen-bond acceptors (Lipinski definition) is 4. The molecule has 1 aromatic carbocycles. The van der Waals surface area contributed by atoms with Crippen molar-refractivity contribution in [3.8, 4) is 0 Å². The molecule has 0 atom stereocenters. The maximum atomic E-state index is 6.17. The second-order valence-corrected chi connectivity index (χ2v) is 5.37. The van der Waals surface area contributed by atoms with E-state index in [-0.39, 0.29) is 0 Å². The number of aromatic nitrogens is 2. The number of ether oxygens (including phenoxy) is 1. The van der Waals surface area contributed by atoms with E-state index in [1.807, 2.05) is 24.3 Å². The molecule has 0 aliphatic heterocycles. The monoisotopic (exact) mass is 307 g/mol. The Morgan fingerprint density at radius 2 is 1.81 bits per heavy atom. The van der Waals surface area contributed by atoms with Gasteiger partial charge < -0.3 is 9.64 Å². The van der Waals surface area contributed by atoms with Crippen molar-refractivity contribution < 1.29 is 4.74 Å². The first-order chi connectivity index (χ1) is 10.2. The second kappa shape index (κ2) is 7.57. The lowest BCUT2D eigenvalue weighted by Crippen LogP contribution is -2.38. The summed E-state index contributed by atoms with van der Waals surface area (Å²) in [4.78, 5) is 2.29. The van der Waals surface area contributed by atoms with Crippen molar-refractivity contribution in [2.24, 2.45) is 0 Å². The van der Waals surface area contributed by atoms with Crippen LogP contribution >= 0.6 is 11.6 Å². The molecule has 0 N–H and O–H groups in total. The molecule has 2 rings (SSSR count). The summed E-state index contributed by atoms with van der Waals surface area (Å²) in [5.41, 5.74) is 0. The Hall–Kier alpha value is -1.39. The van der Waals surface area contributed by atoms with Gasteiger partial charge in [-0.2, -0.15) is 0 Å². The molecule has 2 aromatic rings. The van der Waals surface area contributed by atoms with Gasteiger partial charge in [-0.3, -0.25) is 0 Å². The minimum absolute atomic E-state index is 0.416. The van der Waals surface area contributed by atoms with E-state index in [4.69, 9.17) is 16.3 Å². The van der Waals surface area contributed by atoms with Crippen LogP contribution in [-0.2, 0) is 4.74 Å². The number of hydrogen-bond donors (Lipinski definition) is 0. The van der Waals surface area contributed by atoms with Gasteiger partial charge in [-0.05, 0) is 12.8 Å². The molecule has 0 saturated heterocycles. The molecule has 0 radical (unpaired) electrons. The molecular weight excluding hydrogens is 286 g/mol. The Kier molecular flexibility index (Phi) is 5.76. The van der Waals surface area contributed by atoms with E-state index in [0.29, 0.717) is 17.8 Å². The zero-order chi connectivity index (χ0) is 15.2. The van der Waals surface area contributed by atoms with E-state index in [9.17, 15) is 0 Å². The molecule has 114 valence electrons. The summed E-state index contributed by atoms with van der Waals surface area (Å²) in [6.45, 7) is 5.84. The van der Waals surface area contributed by atoms with Crippen LogP contribution in [0.15, 0.2) is 24.3 Å². The minimum Gasteiger partial charge on any atom is -0.383 e. The van der Waals surface area contributed by atoms with Crippen LogP contribution in [0, 0.1) is 0 Å². The van der Waals surface area contributed by atoms with Crippen LogP contribution in [0.4, 0.5) is 5.82 Å². The fourth-order valence-electron chi connectivity index (χ4n) is 2.65. The quantitative estimate of drug-likeness (QED) is 0.777. The maximum Gasteiger partial charge on any atom is 0.159 e. The highest BCUT2D eigenvalue weighted by molar-refractivity contribution is 6.34. The standard InChI is InChI=1S/C16H22ClN3O/c1-4-12(5-2)20(10-11-21-3)16-14-9-7-6-8-13(14)15(17)18-19-16/h6-9,12H,4-5,10-11H2,1-3H3. The molecule has 4 nitrogen and oxygen atoms in total. The molecule has 0 fully saturated rings. The van der Waals surface area contributed by atoms with Crippen molar-refractivity contribution in [2.75, 3.05) is 25.2 Å². The highest BCUT2D eigenvalue weighted by Gasteiger charge is 2.20. The average molecular weight is 308 g/mol. The van der Waals surface area contributed by atoms with Crippen molar-refractivity contribution in [1.82, 2.24) is 10.2 Å². The largest absolute Gasteiger partial charge is 0.383 e. The van der Waals surface area contributed by atoms with Crippen LogP contribution in [0.3, 0.4) is 0 Å². The first-order valence-electron chi connectivity index (χ1n) is 7.39. The normalized spacial score (nSPS) is 11.3. The highest BCUT2D eigenvalue weighted by atomic mass is 35.5.